The Bertz CT molecular complexity index is 453. The zero-order valence-corrected chi connectivity index (χ0v) is 16.3. The third-order valence-corrected chi connectivity index (χ3v) is 2.99. The van der Waals surface area contributed by atoms with E-state index in [1.165, 1.54) is 11.1 Å². The van der Waals surface area contributed by atoms with Crippen molar-refractivity contribution in [1.29, 1.82) is 0 Å². The second-order valence-electron chi connectivity index (χ2n) is 4.76. The molecule has 0 spiro atoms. The Kier molecular flexibility index (Phi) is 11.9. The summed E-state index contributed by atoms with van der Waals surface area (Å²) in [7, 11) is 3.46. The van der Waals surface area contributed by atoms with Gasteiger partial charge in [-0.2, -0.15) is 0 Å². The first-order valence-corrected chi connectivity index (χ1v) is 7.36. The highest BCUT2D eigenvalue weighted by molar-refractivity contribution is 14.0. The number of aliphatic imine (C=N–C) groups is 1. The van der Waals surface area contributed by atoms with Crippen LogP contribution in [-0.2, 0) is 11.3 Å². The smallest absolute Gasteiger partial charge is 0.191 e. The molecule has 0 aliphatic rings. The van der Waals surface area contributed by atoms with Crippen LogP contribution in [0.25, 0.3) is 0 Å². The van der Waals surface area contributed by atoms with E-state index in [-0.39, 0.29) is 24.0 Å². The van der Waals surface area contributed by atoms with E-state index < -0.39 is 0 Å². The van der Waals surface area contributed by atoms with Gasteiger partial charge in [-0.15, -0.1) is 24.0 Å². The highest BCUT2D eigenvalue weighted by Crippen LogP contribution is 2.16. The van der Waals surface area contributed by atoms with E-state index in [4.69, 9.17) is 9.47 Å². The van der Waals surface area contributed by atoms with Gasteiger partial charge in [0.15, 0.2) is 5.96 Å². The molecule has 0 saturated heterocycles. The van der Waals surface area contributed by atoms with Crippen molar-refractivity contribution < 1.29 is 9.47 Å². The molecule has 1 aromatic rings. The maximum atomic E-state index is 5.30. The first-order valence-electron chi connectivity index (χ1n) is 7.36. The summed E-state index contributed by atoms with van der Waals surface area (Å²) in [4.78, 5) is 4.21. The summed E-state index contributed by atoms with van der Waals surface area (Å²) in [5, 5.41) is 6.57. The molecule has 2 N–H and O–H groups in total. The summed E-state index contributed by atoms with van der Waals surface area (Å²) in [6, 6.07) is 6.19. The van der Waals surface area contributed by atoms with Crippen LogP contribution in [0.1, 0.15) is 24.5 Å². The minimum atomic E-state index is 0. The van der Waals surface area contributed by atoms with Crippen molar-refractivity contribution in [2.45, 2.75) is 26.8 Å². The van der Waals surface area contributed by atoms with Crippen LogP contribution in [0.15, 0.2) is 23.2 Å². The molecule has 1 rings (SSSR count). The molecule has 0 amide bonds. The number of ether oxygens (including phenoxy) is 2. The number of halogens is 1. The molecule has 0 aliphatic carbocycles. The molecular weight excluding hydrogens is 393 g/mol. The molecule has 0 fully saturated rings. The van der Waals surface area contributed by atoms with Gasteiger partial charge in [0.25, 0.3) is 0 Å². The van der Waals surface area contributed by atoms with Crippen molar-refractivity contribution in [3.8, 4) is 5.75 Å². The second kappa shape index (κ2) is 12.5. The summed E-state index contributed by atoms with van der Waals surface area (Å²) in [5.74, 6) is 1.68. The lowest BCUT2D eigenvalue weighted by Crippen LogP contribution is -2.37. The predicted octanol–water partition coefficient (Wildman–Crippen LogP) is 2.71. The van der Waals surface area contributed by atoms with Crippen molar-refractivity contribution in [2.75, 3.05) is 33.9 Å². The van der Waals surface area contributed by atoms with Crippen LogP contribution < -0.4 is 15.4 Å². The molecule has 0 aliphatic heterocycles. The average Bonchev–Trinajstić information content (AvgIpc) is 2.49. The summed E-state index contributed by atoms with van der Waals surface area (Å²) >= 11 is 0. The lowest BCUT2D eigenvalue weighted by Gasteiger charge is -2.13. The molecule has 0 atom stereocenters. The lowest BCUT2D eigenvalue weighted by atomic mass is 10.1. The summed E-state index contributed by atoms with van der Waals surface area (Å²) in [6.45, 7) is 7.16. The summed E-state index contributed by atoms with van der Waals surface area (Å²) in [5.41, 5.74) is 2.36. The lowest BCUT2D eigenvalue weighted by molar-refractivity contribution is 0.145. The minimum Gasteiger partial charge on any atom is -0.497 e. The quantitative estimate of drug-likeness (QED) is 0.293. The third-order valence-electron chi connectivity index (χ3n) is 2.99. The van der Waals surface area contributed by atoms with Crippen LogP contribution in [0.3, 0.4) is 0 Å². The van der Waals surface area contributed by atoms with E-state index in [0.717, 1.165) is 37.9 Å². The van der Waals surface area contributed by atoms with Crippen molar-refractivity contribution >= 4 is 29.9 Å². The Morgan fingerprint density at radius 2 is 2.00 bits per heavy atom. The average molecular weight is 421 g/mol. The molecule has 1 aromatic carbocycles. The minimum absolute atomic E-state index is 0. The number of hydrogen-bond donors (Lipinski definition) is 2. The topological polar surface area (TPSA) is 54.9 Å². The predicted molar refractivity (Wildman–Crippen MR) is 102 cm³/mol. The fourth-order valence-electron chi connectivity index (χ4n) is 1.98. The van der Waals surface area contributed by atoms with Gasteiger partial charge in [0.2, 0.25) is 0 Å². The Hall–Kier alpha value is -1.02. The van der Waals surface area contributed by atoms with E-state index >= 15 is 0 Å². The van der Waals surface area contributed by atoms with E-state index in [1.54, 1.807) is 14.2 Å². The summed E-state index contributed by atoms with van der Waals surface area (Å²) in [6.07, 6.45) is 0.965. The fourth-order valence-corrected chi connectivity index (χ4v) is 1.98. The Morgan fingerprint density at radius 1 is 1.23 bits per heavy atom. The molecule has 0 aromatic heterocycles. The molecule has 126 valence electrons. The third kappa shape index (κ3) is 8.43. The van der Waals surface area contributed by atoms with Gasteiger partial charge in [-0.3, -0.25) is 4.99 Å². The largest absolute Gasteiger partial charge is 0.497 e. The van der Waals surface area contributed by atoms with Crippen molar-refractivity contribution in [3.05, 3.63) is 29.3 Å². The second-order valence-corrected chi connectivity index (χ2v) is 4.76. The molecule has 5 nitrogen and oxygen atoms in total. The van der Waals surface area contributed by atoms with Crippen molar-refractivity contribution in [2.24, 2.45) is 4.99 Å². The Balaban J connectivity index is 0.00000441. The monoisotopic (exact) mass is 421 g/mol. The van der Waals surface area contributed by atoms with E-state index in [1.807, 2.05) is 19.1 Å². The van der Waals surface area contributed by atoms with Gasteiger partial charge in [-0.05, 0) is 43.5 Å². The molecule has 0 heterocycles. The van der Waals surface area contributed by atoms with Gasteiger partial charge in [0.1, 0.15) is 5.75 Å². The van der Waals surface area contributed by atoms with Gasteiger partial charge >= 0.3 is 0 Å². The molecular formula is C16H28IN3O2. The van der Waals surface area contributed by atoms with Gasteiger partial charge in [-0.25, -0.2) is 0 Å². The zero-order valence-electron chi connectivity index (χ0n) is 13.9. The number of nitrogens with zero attached hydrogens (tertiary/aromatic N) is 1. The van der Waals surface area contributed by atoms with Crippen LogP contribution in [0.4, 0.5) is 0 Å². The number of nitrogens with one attached hydrogen (secondary N) is 2. The van der Waals surface area contributed by atoms with E-state index in [2.05, 4.69) is 28.6 Å². The highest BCUT2D eigenvalue weighted by atomic mass is 127. The molecule has 6 heteroatoms. The standard InChI is InChI=1S/C16H27N3O2.HI/c1-5-21-8-6-7-18-16(17-3)19-12-14-9-13(2)10-15(11-14)20-4;/h9-11H,5-8,12H2,1-4H3,(H2,17,18,19);1H. The first-order chi connectivity index (χ1) is 10.2. The van der Waals surface area contributed by atoms with Gasteiger partial charge in [-0.1, -0.05) is 6.07 Å². The van der Waals surface area contributed by atoms with Crippen LogP contribution in [-0.4, -0.2) is 39.9 Å². The zero-order chi connectivity index (χ0) is 15.5. The van der Waals surface area contributed by atoms with Crippen LogP contribution >= 0.6 is 24.0 Å². The number of guanidine groups is 1. The normalized spacial score (nSPS) is 10.8. The van der Waals surface area contributed by atoms with Crippen LogP contribution in [0, 0.1) is 6.92 Å². The number of methoxy groups -OCH3 is 1. The maximum Gasteiger partial charge on any atom is 0.191 e. The van der Waals surface area contributed by atoms with E-state index in [0.29, 0.717) is 6.54 Å². The fraction of sp³-hybridized carbons (Fsp3) is 0.562. The molecule has 0 bridgehead atoms. The highest BCUT2D eigenvalue weighted by Gasteiger charge is 2.01. The van der Waals surface area contributed by atoms with Gasteiger partial charge in [0.05, 0.1) is 7.11 Å². The Labute approximate surface area is 150 Å². The number of benzene rings is 1. The molecule has 0 saturated carbocycles. The Morgan fingerprint density at radius 3 is 2.64 bits per heavy atom. The molecule has 22 heavy (non-hydrogen) atoms. The first kappa shape index (κ1) is 21.0. The van der Waals surface area contributed by atoms with Crippen LogP contribution in [0.2, 0.25) is 0 Å². The van der Waals surface area contributed by atoms with Crippen molar-refractivity contribution in [3.63, 3.8) is 0 Å². The van der Waals surface area contributed by atoms with Crippen molar-refractivity contribution in [1.82, 2.24) is 10.6 Å². The van der Waals surface area contributed by atoms with E-state index in [9.17, 15) is 0 Å². The number of hydrogen-bond acceptors (Lipinski definition) is 3. The van der Waals surface area contributed by atoms with Crippen LogP contribution in [0.5, 0.6) is 5.75 Å². The van der Waals surface area contributed by atoms with Gasteiger partial charge < -0.3 is 20.1 Å². The maximum absolute atomic E-state index is 5.30. The molecule has 0 radical (unpaired) electrons. The number of aryl methyl sites for hydroxylation is 1. The number of rotatable bonds is 8. The SMILES string of the molecule is CCOCCCNC(=NC)NCc1cc(C)cc(OC)c1.I. The molecule has 0 unspecified atom stereocenters. The summed E-state index contributed by atoms with van der Waals surface area (Å²) < 4.78 is 10.6. The van der Waals surface area contributed by atoms with Gasteiger partial charge in [0, 0.05) is 33.4 Å².